The predicted octanol–water partition coefficient (Wildman–Crippen LogP) is 3.23. The molecule has 17 heavy (non-hydrogen) atoms. The first-order valence-electron chi connectivity index (χ1n) is 5.59. The Morgan fingerprint density at radius 2 is 2.12 bits per heavy atom. The van der Waals surface area contributed by atoms with Crippen LogP contribution in [0.4, 0.5) is 11.5 Å². The van der Waals surface area contributed by atoms with E-state index in [1.807, 2.05) is 26.1 Å². The molecule has 2 rings (SSSR count). The van der Waals surface area contributed by atoms with Crippen molar-refractivity contribution in [1.29, 1.82) is 0 Å². The molecule has 0 aromatic carbocycles. The summed E-state index contributed by atoms with van der Waals surface area (Å²) in [7, 11) is 2.03. The van der Waals surface area contributed by atoms with E-state index in [2.05, 4.69) is 34.3 Å². The lowest BCUT2D eigenvalue weighted by Crippen LogP contribution is -2.23. The van der Waals surface area contributed by atoms with Crippen LogP contribution in [-0.4, -0.2) is 12.0 Å². The molecule has 0 spiro atoms. The molecule has 0 fully saturated rings. The van der Waals surface area contributed by atoms with Crippen molar-refractivity contribution in [3.05, 3.63) is 40.2 Å². The lowest BCUT2D eigenvalue weighted by atomic mass is 10.2. The highest BCUT2D eigenvalue weighted by atomic mass is 32.1. The van der Waals surface area contributed by atoms with Crippen molar-refractivity contribution < 1.29 is 0 Å². The quantitative estimate of drug-likeness (QED) is 0.905. The third-order valence-corrected chi connectivity index (χ3v) is 3.96. The van der Waals surface area contributed by atoms with E-state index in [4.69, 9.17) is 5.73 Å². The maximum absolute atomic E-state index is 5.98. The smallest absolute Gasteiger partial charge is 0.152 e. The van der Waals surface area contributed by atoms with Crippen LogP contribution >= 0.6 is 11.3 Å². The minimum Gasteiger partial charge on any atom is -0.396 e. The highest BCUT2D eigenvalue weighted by Crippen LogP contribution is 2.30. The average molecular weight is 247 g/mol. The van der Waals surface area contributed by atoms with Gasteiger partial charge in [0.1, 0.15) is 0 Å². The van der Waals surface area contributed by atoms with Crippen LogP contribution < -0.4 is 10.6 Å². The lowest BCUT2D eigenvalue weighted by molar-refractivity contribution is 0.742. The number of pyridine rings is 1. The molecule has 0 radical (unpaired) electrons. The van der Waals surface area contributed by atoms with E-state index < -0.39 is 0 Å². The van der Waals surface area contributed by atoms with E-state index in [0.717, 1.165) is 17.2 Å². The molecule has 0 amide bonds. The largest absolute Gasteiger partial charge is 0.396 e. The Morgan fingerprint density at radius 3 is 2.76 bits per heavy atom. The van der Waals surface area contributed by atoms with E-state index in [1.54, 1.807) is 11.3 Å². The number of anilines is 2. The van der Waals surface area contributed by atoms with Gasteiger partial charge in [-0.3, -0.25) is 0 Å². The Balaban J connectivity index is 2.30. The first-order valence-corrected chi connectivity index (χ1v) is 6.47. The van der Waals surface area contributed by atoms with E-state index >= 15 is 0 Å². The molecule has 1 atom stereocenters. The van der Waals surface area contributed by atoms with Gasteiger partial charge in [0.15, 0.2) is 5.82 Å². The number of rotatable bonds is 3. The molecule has 2 aromatic heterocycles. The fraction of sp³-hybridized carbons (Fsp3) is 0.308. The predicted molar refractivity (Wildman–Crippen MR) is 74.5 cm³/mol. The zero-order valence-electron chi connectivity index (χ0n) is 10.3. The maximum Gasteiger partial charge on any atom is 0.152 e. The monoisotopic (exact) mass is 247 g/mol. The van der Waals surface area contributed by atoms with Gasteiger partial charge in [-0.15, -0.1) is 11.3 Å². The molecule has 2 heterocycles. The minimum absolute atomic E-state index is 0.284. The van der Waals surface area contributed by atoms with E-state index in [9.17, 15) is 0 Å². The van der Waals surface area contributed by atoms with Crippen LogP contribution in [0.25, 0.3) is 0 Å². The van der Waals surface area contributed by atoms with E-state index in [0.29, 0.717) is 0 Å². The summed E-state index contributed by atoms with van der Waals surface area (Å²) in [6.07, 6.45) is 0. The summed E-state index contributed by atoms with van der Waals surface area (Å²) in [5, 5.41) is 2.09. The topological polar surface area (TPSA) is 42.1 Å². The van der Waals surface area contributed by atoms with Gasteiger partial charge in [0.2, 0.25) is 0 Å². The number of thiophene rings is 1. The normalized spacial score (nSPS) is 12.4. The molecule has 0 aliphatic carbocycles. The van der Waals surface area contributed by atoms with Gasteiger partial charge < -0.3 is 10.6 Å². The van der Waals surface area contributed by atoms with Crippen molar-refractivity contribution in [2.24, 2.45) is 0 Å². The van der Waals surface area contributed by atoms with Crippen LogP contribution in [0.15, 0.2) is 29.6 Å². The standard InChI is InChI=1S/C13H17N3S/c1-9-6-7-11(14)13(15-9)16(3)10(2)12-5-4-8-17-12/h4-8,10H,14H2,1-3H3. The minimum atomic E-state index is 0.284. The molecule has 1 unspecified atom stereocenters. The molecule has 0 aliphatic rings. The number of nitrogens with zero attached hydrogens (tertiary/aromatic N) is 2. The molecule has 90 valence electrons. The Labute approximate surface area is 106 Å². The Kier molecular flexibility index (Phi) is 3.33. The summed E-state index contributed by atoms with van der Waals surface area (Å²) in [5.74, 6) is 0.853. The van der Waals surface area contributed by atoms with Gasteiger partial charge in [-0.1, -0.05) is 6.07 Å². The SMILES string of the molecule is Cc1ccc(N)c(N(C)C(C)c2cccs2)n1. The van der Waals surface area contributed by atoms with Crippen molar-refractivity contribution in [2.45, 2.75) is 19.9 Å². The number of nitrogens with two attached hydrogens (primary N) is 1. The molecule has 2 N–H and O–H groups in total. The molecule has 4 heteroatoms. The zero-order chi connectivity index (χ0) is 12.4. The number of aryl methyl sites for hydroxylation is 1. The van der Waals surface area contributed by atoms with Gasteiger partial charge in [-0.2, -0.15) is 0 Å². The second-order valence-electron chi connectivity index (χ2n) is 4.17. The fourth-order valence-electron chi connectivity index (χ4n) is 1.74. The highest BCUT2D eigenvalue weighted by Gasteiger charge is 2.16. The third kappa shape index (κ3) is 2.42. The average Bonchev–Trinajstić information content (AvgIpc) is 2.84. The Hall–Kier alpha value is -1.55. The van der Waals surface area contributed by atoms with Crippen molar-refractivity contribution in [3.8, 4) is 0 Å². The van der Waals surface area contributed by atoms with Crippen LogP contribution in [0.1, 0.15) is 23.5 Å². The number of hydrogen-bond acceptors (Lipinski definition) is 4. The summed E-state index contributed by atoms with van der Waals surface area (Å²) < 4.78 is 0. The van der Waals surface area contributed by atoms with Crippen LogP contribution in [0.3, 0.4) is 0 Å². The van der Waals surface area contributed by atoms with Gasteiger partial charge in [0.05, 0.1) is 11.7 Å². The summed E-state index contributed by atoms with van der Waals surface area (Å²) in [4.78, 5) is 7.94. The van der Waals surface area contributed by atoms with Crippen LogP contribution in [0.5, 0.6) is 0 Å². The third-order valence-electron chi connectivity index (χ3n) is 2.91. The van der Waals surface area contributed by atoms with Gasteiger partial charge in [0, 0.05) is 17.6 Å². The number of hydrogen-bond donors (Lipinski definition) is 1. The first kappa shape index (κ1) is 11.9. The Morgan fingerprint density at radius 1 is 1.35 bits per heavy atom. The number of nitrogen functional groups attached to an aromatic ring is 1. The molecular formula is C13H17N3S. The molecule has 0 aliphatic heterocycles. The molecule has 0 saturated carbocycles. The molecule has 0 bridgehead atoms. The van der Waals surface area contributed by atoms with Crippen LogP contribution in [-0.2, 0) is 0 Å². The second-order valence-corrected chi connectivity index (χ2v) is 5.15. The van der Waals surface area contributed by atoms with Gasteiger partial charge >= 0.3 is 0 Å². The lowest BCUT2D eigenvalue weighted by Gasteiger charge is -2.26. The number of aromatic nitrogens is 1. The molecule has 2 aromatic rings. The van der Waals surface area contributed by atoms with E-state index in [1.165, 1.54) is 4.88 Å². The molecular weight excluding hydrogens is 230 g/mol. The maximum atomic E-state index is 5.98. The first-order chi connectivity index (χ1) is 8.09. The van der Waals surface area contributed by atoms with Gasteiger partial charge in [-0.05, 0) is 37.4 Å². The summed E-state index contributed by atoms with van der Waals surface area (Å²) >= 11 is 1.75. The van der Waals surface area contributed by atoms with Crippen molar-refractivity contribution >= 4 is 22.8 Å². The van der Waals surface area contributed by atoms with Crippen LogP contribution in [0.2, 0.25) is 0 Å². The summed E-state index contributed by atoms with van der Waals surface area (Å²) in [5.41, 5.74) is 7.69. The van der Waals surface area contributed by atoms with Crippen molar-refractivity contribution in [1.82, 2.24) is 4.98 Å². The van der Waals surface area contributed by atoms with Crippen LogP contribution in [0, 0.1) is 6.92 Å². The summed E-state index contributed by atoms with van der Waals surface area (Å²) in [6, 6.07) is 8.33. The van der Waals surface area contributed by atoms with Crippen molar-refractivity contribution in [3.63, 3.8) is 0 Å². The summed E-state index contributed by atoms with van der Waals surface area (Å²) in [6.45, 7) is 4.14. The zero-order valence-corrected chi connectivity index (χ0v) is 11.2. The second kappa shape index (κ2) is 4.75. The Bertz CT molecular complexity index is 493. The van der Waals surface area contributed by atoms with Crippen molar-refractivity contribution in [2.75, 3.05) is 17.7 Å². The van der Waals surface area contributed by atoms with Gasteiger partial charge in [-0.25, -0.2) is 4.98 Å². The fourth-order valence-corrected chi connectivity index (χ4v) is 2.57. The van der Waals surface area contributed by atoms with E-state index in [-0.39, 0.29) is 6.04 Å². The molecule has 0 saturated heterocycles. The van der Waals surface area contributed by atoms with Gasteiger partial charge in [0.25, 0.3) is 0 Å². The highest BCUT2D eigenvalue weighted by molar-refractivity contribution is 7.10. The molecule has 3 nitrogen and oxygen atoms in total.